The molecule has 0 saturated heterocycles. The number of carbonyl (C=O) groups is 4. The zero-order chi connectivity index (χ0) is 75.9. The van der Waals surface area contributed by atoms with Crippen LogP contribution >= 0.6 is 97.8 Å². The quantitative estimate of drug-likeness (QED) is 0.0157. The fourth-order valence-corrected chi connectivity index (χ4v) is 12.9. The second kappa shape index (κ2) is 37.8. The van der Waals surface area contributed by atoms with E-state index in [2.05, 4.69) is 55.8 Å². The minimum absolute atomic E-state index is 0. The van der Waals surface area contributed by atoms with Crippen molar-refractivity contribution in [2.24, 2.45) is 0 Å². The molecule has 550 valence electrons. The minimum Gasteiger partial charge on any atom is -0.292 e. The van der Waals surface area contributed by atoms with E-state index in [9.17, 15) is 36.7 Å². The van der Waals surface area contributed by atoms with Crippen LogP contribution in [0.25, 0.3) is 66.9 Å². The Bertz CT molecular complexity index is 5350. The number of hydrogen-bond acceptors (Lipinski definition) is 18. The summed E-state index contributed by atoms with van der Waals surface area (Å²) in [5, 5.41) is 9.05. The van der Waals surface area contributed by atoms with Crippen molar-refractivity contribution < 1.29 is 46.4 Å². The van der Waals surface area contributed by atoms with Gasteiger partial charge in [0.25, 0.3) is 17.1 Å². The number of hydrogen-bond donors (Lipinski definition) is 0. The highest BCUT2D eigenvalue weighted by atomic mass is 79.9. The number of amides is 2. The molecule has 0 saturated carbocycles. The fraction of sp³-hybridized carbons (Fsp3) is 0.147. The molecule has 8 heterocycles. The molecule has 32 heteroatoms. The van der Waals surface area contributed by atoms with Crippen molar-refractivity contribution in [3.8, 4) is 22.7 Å². The van der Waals surface area contributed by atoms with E-state index >= 15 is 0 Å². The summed E-state index contributed by atoms with van der Waals surface area (Å²) in [7, 11) is 5.87. The van der Waals surface area contributed by atoms with Gasteiger partial charge < -0.3 is 0 Å². The van der Waals surface area contributed by atoms with Crippen LogP contribution in [0.3, 0.4) is 0 Å². The molecule has 20 nitrogen and oxygen atoms in total. The molecule has 0 aliphatic carbocycles. The summed E-state index contributed by atoms with van der Waals surface area (Å²) in [4.78, 5) is 94.9. The van der Waals surface area contributed by atoms with Crippen molar-refractivity contribution in [3.05, 3.63) is 262 Å². The molecule has 0 radical (unpaired) electrons. The molecule has 8 aromatic heterocycles. The van der Waals surface area contributed by atoms with Gasteiger partial charge in [0.15, 0.2) is 26.4 Å². The number of thioether (sulfide) groups is 4. The number of ketones is 1. The lowest BCUT2D eigenvalue weighted by molar-refractivity contribution is -0.0761. The number of aromatic nitrogens is 12. The van der Waals surface area contributed by atoms with Gasteiger partial charge in [0.05, 0.1) is 19.9 Å². The second-order valence-corrected chi connectivity index (χ2v) is 26.9. The maximum atomic E-state index is 13.4. The highest BCUT2D eigenvalue weighted by molar-refractivity contribution is 9.08. The SMILES string of the molecule is C.CON(C)C(=O)c1cc2cnc(SC)nc2n1-c1ccc(F)cc1.CON(C)C(=O)c1cc2cnc(SC)nc2n1-c1ccc(F)cc1.CSc1ncc2cc(C(=O)Cc3ccccc3Cl)n(-c3ccc(F)cc3)c2n1.CSc1ncc2cc(C(=O)Cl)n(-c3ccc(F)cc3)c2n1.Clc1ccccc1CBr. The van der Waals surface area contributed by atoms with Crippen molar-refractivity contribution in [1.29, 1.82) is 0 Å². The van der Waals surface area contributed by atoms with Gasteiger partial charge in [0.1, 0.15) is 62.9 Å². The second-order valence-electron chi connectivity index (χ2n) is 22.1. The molecule has 14 rings (SSSR count). The van der Waals surface area contributed by atoms with E-state index in [4.69, 9.17) is 44.5 Å². The highest BCUT2D eigenvalue weighted by Crippen LogP contribution is 2.32. The normalized spacial score (nSPS) is 10.8. The average Bonchev–Trinajstić information content (AvgIpc) is 1.65. The Morgan fingerprint density at radius 3 is 0.972 bits per heavy atom. The van der Waals surface area contributed by atoms with Crippen molar-refractivity contribution >= 4 is 165 Å². The molecule has 0 aliphatic heterocycles. The van der Waals surface area contributed by atoms with Gasteiger partial charge in [-0.1, -0.05) is 130 Å². The van der Waals surface area contributed by atoms with E-state index < -0.39 is 5.24 Å². The molecule has 6 aromatic carbocycles. The van der Waals surface area contributed by atoms with Gasteiger partial charge in [-0.15, -0.1) is 0 Å². The lowest BCUT2D eigenvalue weighted by Crippen LogP contribution is -2.27. The first-order chi connectivity index (χ1) is 51.1. The first-order valence-electron chi connectivity index (χ1n) is 31.2. The van der Waals surface area contributed by atoms with E-state index in [-0.39, 0.29) is 60.4 Å². The number of rotatable bonds is 17. The summed E-state index contributed by atoms with van der Waals surface area (Å²) in [6.45, 7) is 0. The third-order valence-corrected chi connectivity index (χ3v) is 19.4. The topological polar surface area (TPSA) is 216 Å². The van der Waals surface area contributed by atoms with Gasteiger partial charge >= 0.3 is 0 Å². The Labute approximate surface area is 652 Å². The molecule has 0 unspecified atom stereocenters. The van der Waals surface area contributed by atoms with E-state index in [0.29, 0.717) is 104 Å². The van der Waals surface area contributed by atoms with Crippen LogP contribution in [0.4, 0.5) is 17.6 Å². The molecule has 14 aromatic rings. The summed E-state index contributed by atoms with van der Waals surface area (Å²) >= 11 is 26.6. The number of halogens is 8. The zero-order valence-electron chi connectivity index (χ0n) is 57.3. The molecule has 0 spiro atoms. The summed E-state index contributed by atoms with van der Waals surface area (Å²) in [5.74, 6) is -2.19. The summed E-state index contributed by atoms with van der Waals surface area (Å²) < 4.78 is 59.8. The maximum absolute atomic E-state index is 13.4. The van der Waals surface area contributed by atoms with Crippen molar-refractivity contribution in [3.63, 3.8) is 0 Å². The Morgan fingerprint density at radius 2 is 0.701 bits per heavy atom. The number of hydroxylamine groups is 4. The van der Waals surface area contributed by atoms with Gasteiger partial charge in [-0.05, 0) is 181 Å². The number of carbonyl (C=O) groups excluding carboxylic acids is 4. The molecule has 0 bridgehead atoms. The molecule has 0 atom stereocenters. The van der Waals surface area contributed by atoms with E-state index in [1.807, 2.05) is 67.5 Å². The third kappa shape index (κ3) is 19.4. The number of benzene rings is 6. The van der Waals surface area contributed by atoms with Gasteiger partial charge in [-0.3, -0.25) is 47.1 Å². The van der Waals surface area contributed by atoms with Crippen LogP contribution in [-0.2, 0) is 21.4 Å². The van der Waals surface area contributed by atoms with E-state index in [0.717, 1.165) is 37.0 Å². The molecule has 0 fully saturated rings. The predicted octanol–water partition coefficient (Wildman–Crippen LogP) is 18.7. The standard InChI is InChI=1S/C21H15ClFN3OS.2C16H15FN4O2S.C14H9ClFN3OS.C7H6BrCl.CH4/c1-28-21-24-12-14-10-18(19(27)11-13-4-2-3-5-17(13)22)26(20(14)25-21)16-8-6-15(23)7-9-16;2*1-20(23-2)15(22)13-8-10-9-18-16(24-3)19-14(10)21(13)12-6-4-11(17)5-7-12;1-21-14-17-7-8-6-11(12(15)20)19(13(8)18-14)10-4-2-9(16)3-5-10;8-5-6-3-1-2-4-7(6)9;/h2-10,12H,11H2,1H3;2*4-9H,1-3H3;2-7H,1H3;1-4H,5H2;1H4. The maximum Gasteiger partial charge on any atom is 0.294 e. The molecule has 0 N–H and O–H groups in total. The summed E-state index contributed by atoms with van der Waals surface area (Å²) in [6.07, 6.45) is 14.3. The van der Waals surface area contributed by atoms with Gasteiger partial charge in [0.2, 0.25) is 0 Å². The molecule has 0 aliphatic rings. The van der Waals surface area contributed by atoms with Crippen molar-refractivity contribution in [1.82, 2.24) is 68.3 Å². The lowest BCUT2D eigenvalue weighted by atomic mass is 10.1. The number of fused-ring (bicyclic) bond motifs is 4. The molecule has 2 amide bonds. The van der Waals surface area contributed by atoms with Crippen LogP contribution in [-0.4, -0.2) is 144 Å². The largest absolute Gasteiger partial charge is 0.294 e. The highest BCUT2D eigenvalue weighted by Gasteiger charge is 2.26. The Morgan fingerprint density at radius 1 is 0.430 bits per heavy atom. The van der Waals surface area contributed by atoms with Crippen LogP contribution in [0.5, 0.6) is 0 Å². The lowest BCUT2D eigenvalue weighted by Gasteiger charge is -2.15. The van der Waals surface area contributed by atoms with Crippen LogP contribution in [0.2, 0.25) is 10.0 Å². The first-order valence-corrected chi connectivity index (χ1v) is 38.4. The monoisotopic (exact) mass is 1640 g/mol. The zero-order valence-corrected chi connectivity index (χ0v) is 64.4. The molecule has 107 heavy (non-hydrogen) atoms. The first kappa shape index (κ1) is 81.5. The van der Waals surface area contributed by atoms with Crippen LogP contribution in [0, 0.1) is 23.3 Å². The Balaban J connectivity index is 0.000000158. The van der Waals surface area contributed by atoms with Crippen LogP contribution < -0.4 is 0 Å². The summed E-state index contributed by atoms with van der Waals surface area (Å²) in [5.41, 5.74) is 8.17. The van der Waals surface area contributed by atoms with E-state index in [1.165, 1.54) is 124 Å². The third-order valence-electron chi connectivity index (χ3n) is 15.6. The van der Waals surface area contributed by atoms with Gasteiger partial charge in [-0.2, -0.15) is 0 Å². The molecular weight excluding hydrogens is 1580 g/mol. The number of nitrogens with zero attached hydrogens (tertiary/aromatic N) is 14. The Kier molecular flexibility index (Phi) is 28.8. The van der Waals surface area contributed by atoms with E-state index in [1.54, 1.807) is 122 Å². The van der Waals surface area contributed by atoms with Crippen molar-refractivity contribution in [2.45, 2.75) is 39.8 Å². The predicted molar refractivity (Wildman–Crippen MR) is 421 cm³/mol. The smallest absolute Gasteiger partial charge is 0.292 e. The minimum atomic E-state index is -0.608. The van der Waals surface area contributed by atoms with Crippen molar-refractivity contribution in [2.75, 3.05) is 53.3 Å². The van der Waals surface area contributed by atoms with Gasteiger partial charge in [-0.25, -0.2) is 67.6 Å². The fourth-order valence-electron chi connectivity index (χ4n) is 10.4. The number of Topliss-reactive ketones (excluding diaryl/α,β-unsaturated/α-hetero) is 1. The molecular formula is C75H64BrCl3F4N14O6S4. The van der Waals surface area contributed by atoms with Crippen LogP contribution in [0.1, 0.15) is 60.5 Å². The Hall–Kier alpha value is -9.53. The van der Waals surface area contributed by atoms with Gasteiger partial charge in [0, 0.05) is 105 Å². The van der Waals surface area contributed by atoms with Crippen LogP contribution in [0.15, 0.2) is 215 Å². The average molecular weight is 1650 g/mol. The number of alkyl halides is 1. The summed E-state index contributed by atoms with van der Waals surface area (Å²) in [6, 6.07) is 45.3.